The molecule has 5 unspecified atom stereocenters. The van der Waals surface area contributed by atoms with Crippen LogP contribution in [0.2, 0.25) is 0 Å². The molecule has 23 heavy (non-hydrogen) atoms. The van der Waals surface area contributed by atoms with Crippen LogP contribution in [0.3, 0.4) is 0 Å². The second-order valence-electron chi connectivity index (χ2n) is 7.06. The molecule has 0 aromatic rings. The molecule has 0 saturated carbocycles. The van der Waals surface area contributed by atoms with E-state index in [9.17, 15) is 10.2 Å². The van der Waals surface area contributed by atoms with Crippen molar-refractivity contribution in [2.45, 2.75) is 63.7 Å². The first-order chi connectivity index (χ1) is 11.2. The number of amidine groups is 1. The molecule has 6 nitrogen and oxygen atoms in total. The molecule has 1 fully saturated rings. The van der Waals surface area contributed by atoms with E-state index in [0.717, 1.165) is 31.5 Å². The lowest BCUT2D eigenvalue weighted by Gasteiger charge is -2.31. The highest BCUT2D eigenvalue weighted by atomic mass is 16.3. The molecular formula is C17H26N4O2. The van der Waals surface area contributed by atoms with Crippen LogP contribution >= 0.6 is 0 Å². The Morgan fingerprint density at radius 1 is 1.13 bits per heavy atom. The van der Waals surface area contributed by atoms with E-state index in [1.54, 1.807) is 4.90 Å². The summed E-state index contributed by atoms with van der Waals surface area (Å²) in [6, 6.07) is 0. The first-order valence-corrected chi connectivity index (χ1v) is 8.79. The quantitative estimate of drug-likeness (QED) is 0.588. The Bertz CT molecular complexity index is 525. The van der Waals surface area contributed by atoms with Gasteiger partial charge in [-0.05, 0) is 38.5 Å². The van der Waals surface area contributed by atoms with Gasteiger partial charge in [0.05, 0.1) is 0 Å². The van der Waals surface area contributed by atoms with Crippen molar-refractivity contribution in [1.29, 1.82) is 0 Å². The van der Waals surface area contributed by atoms with E-state index < -0.39 is 12.5 Å². The first kappa shape index (κ1) is 15.2. The van der Waals surface area contributed by atoms with Crippen LogP contribution < -0.4 is 10.7 Å². The fraction of sp³-hybridized carbons (Fsp3) is 0.706. The third-order valence-electron chi connectivity index (χ3n) is 5.61. The van der Waals surface area contributed by atoms with Crippen LogP contribution in [0.1, 0.15) is 44.9 Å². The van der Waals surface area contributed by atoms with Gasteiger partial charge < -0.3 is 15.5 Å². The van der Waals surface area contributed by atoms with Gasteiger partial charge in [-0.25, -0.2) is 4.90 Å². The molecule has 4 N–H and O–H groups in total. The number of hydrazone groups is 1. The van der Waals surface area contributed by atoms with Gasteiger partial charge in [0, 0.05) is 18.3 Å². The highest BCUT2D eigenvalue weighted by Crippen LogP contribution is 2.41. The van der Waals surface area contributed by atoms with Crippen LogP contribution in [0.15, 0.2) is 28.9 Å². The molecule has 6 heteroatoms. The van der Waals surface area contributed by atoms with E-state index in [2.05, 4.69) is 34.1 Å². The van der Waals surface area contributed by atoms with E-state index in [-0.39, 0.29) is 18.1 Å². The van der Waals surface area contributed by atoms with Crippen molar-refractivity contribution >= 4 is 5.84 Å². The minimum atomic E-state index is -0.645. The van der Waals surface area contributed by atoms with Gasteiger partial charge >= 0.3 is 0 Å². The molecule has 2 aliphatic carbocycles. The first-order valence-electron chi connectivity index (χ1n) is 8.79. The topological polar surface area (TPSA) is 80.1 Å². The maximum Gasteiger partial charge on any atom is 0.175 e. The maximum atomic E-state index is 10.6. The summed E-state index contributed by atoms with van der Waals surface area (Å²) in [5, 5.41) is 28.9. The van der Waals surface area contributed by atoms with Crippen LogP contribution in [0.5, 0.6) is 0 Å². The SMILES string of the molecule is OC1C2CC=CCC2C(O)N1C1NN=C(CC2=CCCCC2)N1. The van der Waals surface area contributed by atoms with Gasteiger partial charge in [-0.2, -0.15) is 5.10 Å². The predicted octanol–water partition coefficient (Wildman–Crippen LogP) is 1.20. The molecule has 1 saturated heterocycles. The smallest absolute Gasteiger partial charge is 0.175 e. The summed E-state index contributed by atoms with van der Waals surface area (Å²) in [6.45, 7) is 0. The van der Waals surface area contributed by atoms with Gasteiger partial charge in [0.15, 0.2) is 6.29 Å². The van der Waals surface area contributed by atoms with Crippen LogP contribution in [0.4, 0.5) is 0 Å². The van der Waals surface area contributed by atoms with Crippen LogP contribution in [0, 0.1) is 11.8 Å². The minimum absolute atomic E-state index is 0.101. The fourth-order valence-electron chi connectivity index (χ4n) is 4.32. The second-order valence-corrected chi connectivity index (χ2v) is 7.06. The van der Waals surface area contributed by atoms with Crippen LogP contribution in [-0.4, -0.2) is 39.7 Å². The average Bonchev–Trinajstić information content (AvgIpc) is 3.12. The van der Waals surface area contributed by atoms with Crippen molar-refractivity contribution in [1.82, 2.24) is 15.6 Å². The molecular weight excluding hydrogens is 292 g/mol. The molecule has 0 spiro atoms. The Labute approximate surface area is 136 Å². The zero-order valence-electron chi connectivity index (χ0n) is 13.4. The van der Waals surface area contributed by atoms with E-state index >= 15 is 0 Å². The predicted molar refractivity (Wildman–Crippen MR) is 87.9 cm³/mol. The van der Waals surface area contributed by atoms with Crippen molar-refractivity contribution in [3.63, 3.8) is 0 Å². The zero-order chi connectivity index (χ0) is 15.8. The number of hydrogen-bond acceptors (Lipinski definition) is 6. The third kappa shape index (κ3) is 2.79. The van der Waals surface area contributed by atoms with Crippen molar-refractivity contribution in [2.75, 3.05) is 0 Å². The van der Waals surface area contributed by atoms with Crippen LogP contribution in [-0.2, 0) is 0 Å². The average molecular weight is 318 g/mol. The fourth-order valence-corrected chi connectivity index (χ4v) is 4.32. The Morgan fingerprint density at radius 3 is 2.52 bits per heavy atom. The summed E-state index contributed by atoms with van der Waals surface area (Å²) in [5.74, 6) is 1.10. The Hall–Kier alpha value is -1.37. The van der Waals surface area contributed by atoms with Crippen molar-refractivity contribution in [3.05, 3.63) is 23.8 Å². The van der Waals surface area contributed by atoms with E-state index in [1.807, 2.05) is 0 Å². The van der Waals surface area contributed by atoms with Crippen LogP contribution in [0.25, 0.3) is 0 Å². The Morgan fingerprint density at radius 2 is 1.87 bits per heavy atom. The number of allylic oxidation sites excluding steroid dienone is 3. The third-order valence-corrected chi connectivity index (χ3v) is 5.61. The lowest BCUT2D eigenvalue weighted by atomic mass is 9.84. The maximum absolute atomic E-state index is 10.6. The number of nitrogens with one attached hydrogen (secondary N) is 2. The molecule has 0 aromatic heterocycles. The molecule has 126 valence electrons. The number of hydrogen-bond donors (Lipinski definition) is 4. The summed E-state index contributed by atoms with van der Waals surface area (Å²) in [7, 11) is 0. The van der Waals surface area contributed by atoms with Gasteiger partial charge in [-0.15, -0.1) is 0 Å². The number of aliphatic hydroxyl groups is 2. The summed E-state index contributed by atoms with van der Waals surface area (Å²) in [6.07, 6.45) is 12.3. The molecule has 0 amide bonds. The largest absolute Gasteiger partial charge is 0.378 e. The molecule has 4 rings (SSSR count). The minimum Gasteiger partial charge on any atom is -0.378 e. The number of nitrogens with zero attached hydrogens (tertiary/aromatic N) is 2. The van der Waals surface area contributed by atoms with E-state index in [1.165, 1.54) is 24.8 Å². The summed E-state index contributed by atoms with van der Waals surface area (Å²) >= 11 is 0. The summed E-state index contributed by atoms with van der Waals surface area (Å²) < 4.78 is 0. The lowest BCUT2D eigenvalue weighted by Crippen LogP contribution is -2.56. The normalized spacial score (nSPS) is 40.2. The molecule has 2 aliphatic heterocycles. The van der Waals surface area contributed by atoms with Crippen molar-refractivity contribution in [2.24, 2.45) is 16.9 Å². The number of fused-ring (bicyclic) bond motifs is 1. The number of rotatable bonds is 3. The molecule has 0 aromatic carbocycles. The van der Waals surface area contributed by atoms with E-state index in [0.29, 0.717) is 0 Å². The monoisotopic (exact) mass is 318 g/mol. The second kappa shape index (κ2) is 6.26. The molecule has 5 atom stereocenters. The molecule has 2 heterocycles. The number of likely N-dealkylation sites (tertiary alicyclic amines) is 1. The standard InChI is InChI=1S/C17H26N4O2/c22-15-12-8-4-5-9-13(12)16(23)21(15)17-18-14(19-20-17)10-11-6-2-1-3-7-11/h4-6,12-13,15-17,20,22-23H,1-3,7-10H2,(H,18,19). The molecule has 0 bridgehead atoms. The van der Waals surface area contributed by atoms with E-state index in [4.69, 9.17) is 0 Å². The van der Waals surface area contributed by atoms with Gasteiger partial charge in [0.1, 0.15) is 18.3 Å². The van der Waals surface area contributed by atoms with Gasteiger partial charge in [0.25, 0.3) is 0 Å². The van der Waals surface area contributed by atoms with Crippen molar-refractivity contribution in [3.8, 4) is 0 Å². The summed E-state index contributed by atoms with van der Waals surface area (Å²) in [4.78, 5) is 1.73. The highest BCUT2D eigenvalue weighted by molar-refractivity contribution is 5.85. The van der Waals surface area contributed by atoms with Gasteiger partial charge in [0.2, 0.25) is 0 Å². The van der Waals surface area contributed by atoms with Gasteiger partial charge in [-0.1, -0.05) is 23.8 Å². The Balaban J connectivity index is 1.39. The van der Waals surface area contributed by atoms with Crippen molar-refractivity contribution < 1.29 is 10.2 Å². The molecule has 4 aliphatic rings. The number of aliphatic hydroxyl groups excluding tert-OH is 2. The Kier molecular flexibility index (Phi) is 4.13. The molecule has 0 radical (unpaired) electrons. The van der Waals surface area contributed by atoms with Gasteiger partial charge in [-0.3, -0.25) is 5.43 Å². The lowest BCUT2D eigenvalue weighted by molar-refractivity contribution is -0.100. The summed E-state index contributed by atoms with van der Waals surface area (Å²) in [5.41, 5.74) is 4.48. The zero-order valence-corrected chi connectivity index (χ0v) is 13.4. The highest BCUT2D eigenvalue weighted by Gasteiger charge is 2.50.